The van der Waals surface area contributed by atoms with E-state index in [9.17, 15) is 9.59 Å². The molecular weight excluding hydrogens is 232 g/mol. The highest BCUT2D eigenvalue weighted by Crippen LogP contribution is 2.15. The van der Waals surface area contributed by atoms with Crippen LogP contribution in [0.1, 0.15) is 72.1 Å². The molecule has 4 nitrogen and oxygen atoms in total. The van der Waals surface area contributed by atoms with Crippen LogP contribution < -0.4 is 0 Å². The third-order valence-corrected chi connectivity index (χ3v) is 2.46. The first-order valence-corrected chi connectivity index (χ1v) is 6.75. The van der Waals surface area contributed by atoms with Crippen molar-refractivity contribution in [2.75, 3.05) is 0 Å². The minimum absolute atomic E-state index is 0.0629. The Kier molecular flexibility index (Phi) is 8.42. The number of carboxylic acid groups (broad SMARTS) is 1. The van der Waals surface area contributed by atoms with Gasteiger partial charge in [-0.25, -0.2) is 0 Å². The van der Waals surface area contributed by atoms with Gasteiger partial charge >= 0.3 is 11.9 Å². The molecule has 1 rings (SSSR count). The molecule has 0 radical (unpaired) electrons. The minimum Gasteiger partial charge on any atom is -0.481 e. The molecule has 1 saturated carbocycles. The van der Waals surface area contributed by atoms with Gasteiger partial charge in [0.25, 0.3) is 0 Å². The van der Waals surface area contributed by atoms with Gasteiger partial charge in [0.15, 0.2) is 0 Å². The summed E-state index contributed by atoms with van der Waals surface area (Å²) in [5.74, 6) is -1.45. The van der Waals surface area contributed by atoms with Gasteiger partial charge in [0.1, 0.15) is 5.60 Å². The van der Waals surface area contributed by atoms with Crippen molar-refractivity contribution in [2.24, 2.45) is 0 Å². The number of rotatable bonds is 3. The average molecular weight is 258 g/mol. The Morgan fingerprint density at radius 2 is 1.33 bits per heavy atom. The lowest BCUT2D eigenvalue weighted by Crippen LogP contribution is -2.24. The summed E-state index contributed by atoms with van der Waals surface area (Å²) in [4.78, 5) is 20.9. The number of aliphatic carboxylic acids is 1. The minimum atomic E-state index is -0.985. The van der Waals surface area contributed by atoms with Crippen molar-refractivity contribution in [1.82, 2.24) is 0 Å². The van der Waals surface area contributed by atoms with Gasteiger partial charge in [-0.15, -0.1) is 0 Å². The van der Waals surface area contributed by atoms with E-state index in [4.69, 9.17) is 9.84 Å². The van der Waals surface area contributed by atoms with Gasteiger partial charge in [-0.05, 0) is 20.8 Å². The zero-order valence-corrected chi connectivity index (χ0v) is 11.8. The van der Waals surface area contributed by atoms with Crippen LogP contribution >= 0.6 is 0 Å². The van der Waals surface area contributed by atoms with Crippen LogP contribution in [-0.4, -0.2) is 22.6 Å². The predicted molar refractivity (Wildman–Crippen MR) is 70.4 cm³/mol. The lowest BCUT2D eigenvalue weighted by atomic mass is 10.0. The molecule has 0 aromatic rings. The van der Waals surface area contributed by atoms with Crippen LogP contribution in [0.25, 0.3) is 0 Å². The summed E-state index contributed by atoms with van der Waals surface area (Å²) in [5.41, 5.74) is -0.532. The maximum Gasteiger partial charge on any atom is 0.306 e. The molecule has 18 heavy (non-hydrogen) atoms. The summed E-state index contributed by atoms with van der Waals surface area (Å²) in [6.45, 7) is 5.23. The molecule has 1 aliphatic carbocycles. The van der Waals surface area contributed by atoms with E-state index in [1.54, 1.807) is 20.8 Å². The van der Waals surface area contributed by atoms with E-state index in [1.165, 1.54) is 38.5 Å². The molecule has 0 heterocycles. The Morgan fingerprint density at radius 3 is 1.61 bits per heavy atom. The molecular formula is C14H26O4. The van der Waals surface area contributed by atoms with Crippen LogP contribution in [0.2, 0.25) is 0 Å². The van der Waals surface area contributed by atoms with Crippen molar-refractivity contribution >= 4 is 11.9 Å². The third kappa shape index (κ3) is 13.0. The van der Waals surface area contributed by atoms with Crippen LogP contribution in [0.5, 0.6) is 0 Å². The summed E-state index contributed by atoms with van der Waals surface area (Å²) in [6.07, 6.45) is 8.77. The molecule has 1 fully saturated rings. The van der Waals surface area contributed by atoms with E-state index in [-0.39, 0.29) is 12.8 Å². The van der Waals surface area contributed by atoms with E-state index in [2.05, 4.69) is 0 Å². The zero-order chi connectivity index (χ0) is 14.0. The van der Waals surface area contributed by atoms with Crippen molar-refractivity contribution in [3.63, 3.8) is 0 Å². The molecule has 0 aliphatic heterocycles. The second-order valence-corrected chi connectivity index (χ2v) is 5.60. The van der Waals surface area contributed by atoms with Gasteiger partial charge in [-0.3, -0.25) is 9.59 Å². The normalized spacial score (nSPS) is 15.3. The Hall–Kier alpha value is -1.06. The maximum absolute atomic E-state index is 10.9. The van der Waals surface area contributed by atoms with E-state index < -0.39 is 17.5 Å². The van der Waals surface area contributed by atoms with Crippen LogP contribution in [0.15, 0.2) is 0 Å². The first-order chi connectivity index (χ1) is 8.31. The first-order valence-electron chi connectivity index (χ1n) is 6.75. The molecule has 4 heteroatoms. The molecule has 0 amide bonds. The average Bonchev–Trinajstić information content (AvgIpc) is 2.27. The van der Waals surface area contributed by atoms with E-state index >= 15 is 0 Å². The van der Waals surface area contributed by atoms with Gasteiger partial charge in [-0.1, -0.05) is 38.5 Å². The largest absolute Gasteiger partial charge is 0.481 e. The SMILES string of the molecule is C1CCCCC1.CC(C)(C)OC(=O)CCC(=O)O. The summed E-state index contributed by atoms with van der Waals surface area (Å²) < 4.78 is 4.89. The number of hydrogen-bond donors (Lipinski definition) is 1. The lowest BCUT2D eigenvalue weighted by Gasteiger charge is -2.18. The fraction of sp³-hybridized carbons (Fsp3) is 0.857. The van der Waals surface area contributed by atoms with Crippen LogP contribution in [0.4, 0.5) is 0 Å². The summed E-state index contributed by atoms with van der Waals surface area (Å²) in [5, 5.41) is 8.25. The quantitative estimate of drug-likeness (QED) is 0.786. The van der Waals surface area contributed by atoms with Crippen molar-refractivity contribution in [3.8, 4) is 0 Å². The predicted octanol–water partition coefficient (Wildman–Crippen LogP) is 3.53. The van der Waals surface area contributed by atoms with Gasteiger partial charge in [-0.2, -0.15) is 0 Å². The Morgan fingerprint density at radius 1 is 0.944 bits per heavy atom. The smallest absolute Gasteiger partial charge is 0.306 e. The van der Waals surface area contributed by atoms with Gasteiger partial charge in [0.2, 0.25) is 0 Å². The number of carbonyl (C=O) groups excluding carboxylic acids is 1. The Balaban J connectivity index is 0.000000397. The topological polar surface area (TPSA) is 63.6 Å². The number of hydrogen-bond acceptors (Lipinski definition) is 3. The molecule has 0 unspecified atom stereocenters. The molecule has 0 aromatic heterocycles. The zero-order valence-electron chi connectivity index (χ0n) is 11.8. The van der Waals surface area contributed by atoms with Crippen LogP contribution in [-0.2, 0) is 14.3 Å². The second-order valence-electron chi connectivity index (χ2n) is 5.60. The Labute approximate surface area is 110 Å². The monoisotopic (exact) mass is 258 g/mol. The highest BCUT2D eigenvalue weighted by molar-refractivity contribution is 5.76. The highest BCUT2D eigenvalue weighted by Gasteiger charge is 2.16. The molecule has 0 bridgehead atoms. The molecule has 1 aliphatic rings. The standard InChI is InChI=1S/C8H14O4.C6H12/c1-8(2,3)12-7(11)5-4-6(9)10;1-2-4-6-5-3-1/h4-5H2,1-3H3,(H,9,10);1-6H2. The van der Waals surface area contributed by atoms with Gasteiger partial charge < -0.3 is 9.84 Å². The summed E-state index contributed by atoms with van der Waals surface area (Å²) in [7, 11) is 0. The molecule has 0 atom stereocenters. The maximum atomic E-state index is 10.9. The molecule has 0 spiro atoms. The van der Waals surface area contributed by atoms with E-state index in [0.717, 1.165) is 0 Å². The fourth-order valence-electron chi connectivity index (χ4n) is 1.66. The van der Waals surface area contributed by atoms with E-state index in [1.807, 2.05) is 0 Å². The van der Waals surface area contributed by atoms with E-state index in [0.29, 0.717) is 0 Å². The number of ether oxygens (including phenoxy) is 1. The van der Waals surface area contributed by atoms with Crippen LogP contribution in [0.3, 0.4) is 0 Å². The fourth-order valence-corrected chi connectivity index (χ4v) is 1.66. The number of carbonyl (C=O) groups is 2. The molecule has 0 aromatic carbocycles. The lowest BCUT2D eigenvalue weighted by molar-refractivity contribution is -0.157. The number of esters is 1. The van der Waals surface area contributed by atoms with Crippen molar-refractivity contribution in [1.29, 1.82) is 0 Å². The van der Waals surface area contributed by atoms with Crippen molar-refractivity contribution < 1.29 is 19.4 Å². The highest BCUT2D eigenvalue weighted by atomic mass is 16.6. The summed E-state index contributed by atoms with van der Waals surface area (Å²) in [6, 6.07) is 0. The summed E-state index contributed by atoms with van der Waals surface area (Å²) >= 11 is 0. The van der Waals surface area contributed by atoms with Gasteiger partial charge in [0.05, 0.1) is 12.8 Å². The number of carboxylic acids is 1. The second kappa shape index (κ2) is 8.95. The molecule has 0 saturated heterocycles. The van der Waals surface area contributed by atoms with Crippen molar-refractivity contribution in [3.05, 3.63) is 0 Å². The van der Waals surface area contributed by atoms with Gasteiger partial charge in [0, 0.05) is 0 Å². The van der Waals surface area contributed by atoms with Crippen LogP contribution in [0, 0.1) is 0 Å². The molecule has 1 N–H and O–H groups in total. The first kappa shape index (κ1) is 16.9. The Bertz CT molecular complexity index is 238. The van der Waals surface area contributed by atoms with Crippen molar-refractivity contribution in [2.45, 2.75) is 77.7 Å². The third-order valence-electron chi connectivity index (χ3n) is 2.46. The molecule has 106 valence electrons.